The van der Waals surface area contributed by atoms with Crippen molar-refractivity contribution in [1.29, 1.82) is 0 Å². The van der Waals surface area contributed by atoms with Gasteiger partial charge >= 0.3 is 0 Å². The fourth-order valence-corrected chi connectivity index (χ4v) is 1.97. The van der Waals surface area contributed by atoms with E-state index in [1.54, 1.807) is 6.26 Å². The van der Waals surface area contributed by atoms with E-state index in [0.29, 0.717) is 0 Å². The van der Waals surface area contributed by atoms with Crippen molar-refractivity contribution >= 4 is 0 Å². The van der Waals surface area contributed by atoms with Crippen LogP contribution in [0.25, 0.3) is 0 Å². The summed E-state index contributed by atoms with van der Waals surface area (Å²) in [6.07, 6.45) is 2.48. The van der Waals surface area contributed by atoms with Gasteiger partial charge in [-0.15, -0.1) is 0 Å². The maximum absolute atomic E-state index is 8.96. The second kappa shape index (κ2) is 6.99. The molecule has 0 saturated carbocycles. The van der Waals surface area contributed by atoms with E-state index in [0.717, 1.165) is 31.8 Å². The lowest BCUT2D eigenvalue weighted by Crippen LogP contribution is -2.24. The minimum absolute atomic E-state index is 0.226. The molecule has 0 fully saturated rings. The average molecular weight is 245 g/mol. The summed E-state index contributed by atoms with van der Waals surface area (Å²) in [5.41, 5.74) is 1.28. The summed E-state index contributed by atoms with van der Waals surface area (Å²) in [7, 11) is 0. The highest BCUT2D eigenvalue weighted by Gasteiger charge is 2.08. The molecule has 0 aliphatic heterocycles. The van der Waals surface area contributed by atoms with Crippen LogP contribution in [0, 0.1) is 0 Å². The zero-order valence-electron chi connectivity index (χ0n) is 10.5. The molecular weight excluding hydrogens is 226 g/mol. The van der Waals surface area contributed by atoms with Gasteiger partial charge in [-0.05, 0) is 24.1 Å². The first kappa shape index (κ1) is 12.9. The number of nitrogens with zero attached hydrogens (tertiary/aromatic N) is 1. The van der Waals surface area contributed by atoms with Crippen LogP contribution < -0.4 is 0 Å². The zero-order valence-corrected chi connectivity index (χ0v) is 10.5. The van der Waals surface area contributed by atoms with Gasteiger partial charge < -0.3 is 9.52 Å². The summed E-state index contributed by atoms with van der Waals surface area (Å²) >= 11 is 0. The minimum Gasteiger partial charge on any atom is -0.468 e. The van der Waals surface area contributed by atoms with Gasteiger partial charge in [-0.3, -0.25) is 4.90 Å². The van der Waals surface area contributed by atoms with E-state index >= 15 is 0 Å². The van der Waals surface area contributed by atoms with Crippen LogP contribution in [0.1, 0.15) is 17.7 Å². The van der Waals surface area contributed by atoms with Crippen LogP contribution in [0.2, 0.25) is 0 Å². The quantitative estimate of drug-likeness (QED) is 0.814. The van der Waals surface area contributed by atoms with Gasteiger partial charge in [0.25, 0.3) is 0 Å². The molecule has 0 spiro atoms. The Morgan fingerprint density at radius 2 is 1.83 bits per heavy atom. The SMILES string of the molecule is OCCCN(Cc1ccccc1)Cc1ccco1. The smallest absolute Gasteiger partial charge is 0.117 e. The Labute approximate surface area is 108 Å². The lowest BCUT2D eigenvalue weighted by molar-refractivity contribution is 0.201. The molecule has 1 N–H and O–H groups in total. The summed E-state index contributed by atoms with van der Waals surface area (Å²) in [5.74, 6) is 0.962. The van der Waals surface area contributed by atoms with Crippen molar-refractivity contribution in [1.82, 2.24) is 4.90 Å². The fraction of sp³-hybridized carbons (Fsp3) is 0.333. The van der Waals surface area contributed by atoms with Gasteiger partial charge in [0, 0.05) is 19.7 Å². The normalized spacial score (nSPS) is 11.0. The highest BCUT2D eigenvalue weighted by atomic mass is 16.3. The highest BCUT2D eigenvalue weighted by molar-refractivity contribution is 5.14. The Bertz CT molecular complexity index is 425. The largest absolute Gasteiger partial charge is 0.468 e. The van der Waals surface area contributed by atoms with E-state index in [2.05, 4.69) is 17.0 Å². The summed E-state index contributed by atoms with van der Waals surface area (Å²) in [4.78, 5) is 2.28. The molecule has 0 bridgehead atoms. The molecule has 2 rings (SSSR count). The van der Waals surface area contributed by atoms with Gasteiger partial charge in [-0.25, -0.2) is 0 Å². The second-order valence-corrected chi connectivity index (χ2v) is 4.35. The third-order valence-electron chi connectivity index (χ3n) is 2.84. The van der Waals surface area contributed by atoms with Crippen LogP contribution in [0.3, 0.4) is 0 Å². The van der Waals surface area contributed by atoms with Crippen LogP contribution in [-0.2, 0) is 13.1 Å². The Morgan fingerprint density at radius 3 is 2.50 bits per heavy atom. The topological polar surface area (TPSA) is 36.6 Å². The summed E-state index contributed by atoms with van der Waals surface area (Å²) < 4.78 is 5.38. The first-order chi connectivity index (χ1) is 8.88. The number of benzene rings is 1. The predicted octanol–water partition coefficient (Wildman–Crippen LogP) is 2.66. The van der Waals surface area contributed by atoms with Crippen LogP contribution in [-0.4, -0.2) is 23.2 Å². The number of aliphatic hydroxyl groups is 1. The van der Waals surface area contributed by atoms with Crippen LogP contribution in [0.4, 0.5) is 0 Å². The molecule has 2 aromatic rings. The fourth-order valence-electron chi connectivity index (χ4n) is 1.97. The second-order valence-electron chi connectivity index (χ2n) is 4.35. The third-order valence-corrected chi connectivity index (χ3v) is 2.84. The van der Waals surface area contributed by atoms with Gasteiger partial charge in [0.05, 0.1) is 12.8 Å². The van der Waals surface area contributed by atoms with Gasteiger partial charge in [0.15, 0.2) is 0 Å². The minimum atomic E-state index is 0.226. The third kappa shape index (κ3) is 4.02. The molecule has 3 nitrogen and oxygen atoms in total. The number of aliphatic hydroxyl groups excluding tert-OH is 1. The molecule has 1 heterocycles. The number of furan rings is 1. The molecule has 1 aromatic carbocycles. The summed E-state index contributed by atoms with van der Waals surface area (Å²) in [5, 5.41) is 8.96. The lowest BCUT2D eigenvalue weighted by atomic mass is 10.2. The predicted molar refractivity (Wildman–Crippen MR) is 71.0 cm³/mol. The summed E-state index contributed by atoms with van der Waals surface area (Å²) in [6.45, 7) is 2.75. The van der Waals surface area contributed by atoms with Crippen molar-refractivity contribution in [3.05, 3.63) is 60.1 Å². The number of rotatable bonds is 7. The Balaban J connectivity index is 1.96. The maximum atomic E-state index is 8.96. The number of hydrogen-bond donors (Lipinski definition) is 1. The Morgan fingerprint density at radius 1 is 1.00 bits per heavy atom. The molecule has 96 valence electrons. The van der Waals surface area contributed by atoms with Crippen molar-refractivity contribution in [2.24, 2.45) is 0 Å². The molecule has 1 aromatic heterocycles. The lowest BCUT2D eigenvalue weighted by Gasteiger charge is -2.20. The van der Waals surface area contributed by atoms with Crippen molar-refractivity contribution in [2.75, 3.05) is 13.2 Å². The van der Waals surface area contributed by atoms with Gasteiger partial charge in [0.1, 0.15) is 5.76 Å². The van der Waals surface area contributed by atoms with E-state index in [1.165, 1.54) is 5.56 Å². The van der Waals surface area contributed by atoms with E-state index < -0.39 is 0 Å². The summed E-state index contributed by atoms with van der Waals surface area (Å²) in [6, 6.07) is 14.2. The van der Waals surface area contributed by atoms with E-state index in [1.807, 2.05) is 30.3 Å². The first-order valence-corrected chi connectivity index (χ1v) is 6.28. The van der Waals surface area contributed by atoms with Crippen molar-refractivity contribution in [3.8, 4) is 0 Å². The first-order valence-electron chi connectivity index (χ1n) is 6.28. The molecule has 0 atom stereocenters. The average Bonchev–Trinajstić information content (AvgIpc) is 2.90. The van der Waals surface area contributed by atoms with E-state index in [-0.39, 0.29) is 6.61 Å². The van der Waals surface area contributed by atoms with Gasteiger partial charge in [0.2, 0.25) is 0 Å². The molecule has 0 unspecified atom stereocenters. The zero-order chi connectivity index (χ0) is 12.6. The molecular formula is C15H19NO2. The van der Waals surface area contributed by atoms with Crippen LogP contribution in [0.5, 0.6) is 0 Å². The van der Waals surface area contributed by atoms with Crippen LogP contribution in [0.15, 0.2) is 53.1 Å². The Hall–Kier alpha value is -1.58. The monoisotopic (exact) mass is 245 g/mol. The molecule has 0 aliphatic carbocycles. The molecule has 18 heavy (non-hydrogen) atoms. The van der Waals surface area contributed by atoms with Crippen LogP contribution >= 0.6 is 0 Å². The number of hydrogen-bond acceptors (Lipinski definition) is 3. The van der Waals surface area contributed by atoms with Crippen molar-refractivity contribution < 1.29 is 9.52 Å². The molecule has 0 aliphatic rings. The molecule has 3 heteroatoms. The van der Waals surface area contributed by atoms with Crippen molar-refractivity contribution in [2.45, 2.75) is 19.5 Å². The molecule has 0 amide bonds. The molecule has 0 radical (unpaired) electrons. The van der Waals surface area contributed by atoms with Gasteiger partial charge in [-0.2, -0.15) is 0 Å². The molecule has 0 saturated heterocycles. The van der Waals surface area contributed by atoms with E-state index in [4.69, 9.17) is 9.52 Å². The maximum Gasteiger partial charge on any atom is 0.117 e. The highest BCUT2D eigenvalue weighted by Crippen LogP contribution is 2.10. The standard InChI is InChI=1S/C15H19NO2/c17-10-5-9-16(13-15-8-4-11-18-15)12-14-6-2-1-3-7-14/h1-4,6-8,11,17H,5,9-10,12-13H2. The Kier molecular flexibility index (Phi) is 5.00. The van der Waals surface area contributed by atoms with Crippen molar-refractivity contribution in [3.63, 3.8) is 0 Å². The van der Waals surface area contributed by atoms with Gasteiger partial charge in [-0.1, -0.05) is 30.3 Å². The van der Waals surface area contributed by atoms with E-state index in [9.17, 15) is 0 Å².